The Labute approximate surface area is 172 Å². The minimum atomic E-state index is -0.176. The smallest absolute Gasteiger partial charge is 0.266 e. The number of aromatic nitrogens is 4. The van der Waals surface area contributed by atoms with Crippen molar-refractivity contribution in [2.45, 2.75) is 40.0 Å². The van der Waals surface area contributed by atoms with Gasteiger partial charge < -0.3 is 9.73 Å². The van der Waals surface area contributed by atoms with Gasteiger partial charge >= 0.3 is 0 Å². The highest BCUT2D eigenvalue weighted by atomic mass is 32.1. The van der Waals surface area contributed by atoms with Crippen molar-refractivity contribution < 1.29 is 9.21 Å². The van der Waals surface area contributed by atoms with Crippen LogP contribution in [0.1, 0.15) is 47.5 Å². The third-order valence-electron chi connectivity index (χ3n) is 4.58. The quantitative estimate of drug-likeness (QED) is 0.519. The van der Waals surface area contributed by atoms with Crippen LogP contribution >= 0.6 is 11.3 Å². The molecule has 0 saturated heterocycles. The molecule has 29 heavy (non-hydrogen) atoms. The van der Waals surface area contributed by atoms with E-state index in [9.17, 15) is 4.79 Å². The van der Waals surface area contributed by atoms with Crippen molar-refractivity contribution in [1.29, 1.82) is 0 Å². The Morgan fingerprint density at radius 1 is 1.17 bits per heavy atom. The molecule has 0 bridgehead atoms. The van der Waals surface area contributed by atoms with Crippen LogP contribution in [-0.4, -0.2) is 26.1 Å². The highest BCUT2D eigenvalue weighted by Crippen LogP contribution is 2.33. The normalized spacial score (nSPS) is 11.8. The van der Waals surface area contributed by atoms with Crippen LogP contribution in [0.4, 0.5) is 5.69 Å². The van der Waals surface area contributed by atoms with Crippen LogP contribution < -0.4 is 5.32 Å². The summed E-state index contributed by atoms with van der Waals surface area (Å²) in [6, 6.07) is 7.30. The van der Waals surface area contributed by atoms with Crippen molar-refractivity contribution in [1.82, 2.24) is 20.2 Å². The molecule has 1 N–H and O–H groups in total. The summed E-state index contributed by atoms with van der Waals surface area (Å²) in [6.07, 6.45) is 1.27. The van der Waals surface area contributed by atoms with Crippen molar-refractivity contribution in [3.05, 3.63) is 52.6 Å². The number of hydrogen-bond donors (Lipinski definition) is 1. The molecule has 0 aliphatic carbocycles. The summed E-state index contributed by atoms with van der Waals surface area (Å²) in [5.74, 6) is 1.01. The van der Waals surface area contributed by atoms with Crippen LogP contribution in [0.5, 0.6) is 0 Å². The molecule has 0 unspecified atom stereocenters. The number of amides is 1. The van der Waals surface area contributed by atoms with E-state index in [1.54, 1.807) is 6.07 Å². The third kappa shape index (κ3) is 3.63. The zero-order chi connectivity index (χ0) is 20.8. The molecule has 0 fully saturated rings. The van der Waals surface area contributed by atoms with E-state index in [2.05, 4.69) is 41.3 Å². The number of thiophene rings is 1. The topological polar surface area (TPSA) is 93.8 Å². The van der Waals surface area contributed by atoms with Gasteiger partial charge in [-0.05, 0) is 37.6 Å². The first-order valence-electron chi connectivity index (χ1n) is 9.20. The Balaban J connectivity index is 1.68. The van der Waals surface area contributed by atoms with Gasteiger partial charge in [-0.2, -0.15) is 0 Å². The van der Waals surface area contributed by atoms with Gasteiger partial charge in [0.1, 0.15) is 10.7 Å². The molecule has 0 atom stereocenters. The summed E-state index contributed by atoms with van der Waals surface area (Å²) in [5, 5.41) is 11.5. The molecule has 8 heteroatoms. The van der Waals surface area contributed by atoms with Gasteiger partial charge in [0.25, 0.3) is 5.91 Å². The maximum atomic E-state index is 13.0. The first-order chi connectivity index (χ1) is 13.7. The Morgan fingerprint density at radius 3 is 2.66 bits per heavy atom. The molecule has 4 aromatic rings. The van der Waals surface area contributed by atoms with Crippen LogP contribution in [0.2, 0.25) is 0 Å². The number of rotatable bonds is 3. The largest absolute Gasteiger partial charge is 0.423 e. The second kappa shape index (κ2) is 7.04. The predicted molar refractivity (Wildman–Crippen MR) is 113 cm³/mol. The fraction of sp³-hybridized carbons (Fsp3) is 0.286. The van der Waals surface area contributed by atoms with Crippen molar-refractivity contribution in [2.75, 3.05) is 5.32 Å². The van der Waals surface area contributed by atoms with E-state index in [-0.39, 0.29) is 11.3 Å². The van der Waals surface area contributed by atoms with E-state index in [0.29, 0.717) is 16.5 Å². The molecular formula is C21H21N5O2S. The van der Waals surface area contributed by atoms with Crippen LogP contribution in [-0.2, 0) is 5.41 Å². The average molecular weight is 407 g/mol. The minimum absolute atomic E-state index is 0.158. The lowest BCUT2D eigenvalue weighted by atomic mass is 9.95. The fourth-order valence-electron chi connectivity index (χ4n) is 3.11. The Hall–Kier alpha value is -3.13. The molecule has 0 aliphatic heterocycles. The number of aryl methyl sites for hydroxylation is 2. The standard InChI is InChI=1S/C21H21N5O2S/c1-11-15-12(2)23-20(21(3,4)5)25-19(15)29-16(11)17(27)24-14-8-6-7-13(9-14)18-26-22-10-28-18/h6-10H,1-5H3,(H,24,27). The van der Waals surface area contributed by atoms with E-state index < -0.39 is 0 Å². The van der Waals surface area contributed by atoms with Gasteiger partial charge in [-0.25, -0.2) is 9.97 Å². The van der Waals surface area contributed by atoms with Crippen molar-refractivity contribution >= 4 is 33.1 Å². The molecule has 0 radical (unpaired) electrons. The van der Waals surface area contributed by atoms with Gasteiger partial charge in [-0.15, -0.1) is 21.5 Å². The Bertz CT molecular complexity index is 1210. The Kier molecular flexibility index (Phi) is 4.66. The molecular weight excluding hydrogens is 386 g/mol. The molecule has 0 aliphatic rings. The number of nitrogens with one attached hydrogen (secondary N) is 1. The summed E-state index contributed by atoms with van der Waals surface area (Å²) in [4.78, 5) is 23.9. The summed E-state index contributed by atoms with van der Waals surface area (Å²) < 4.78 is 5.23. The molecule has 3 aromatic heterocycles. The van der Waals surface area contributed by atoms with Crippen molar-refractivity contribution in [3.8, 4) is 11.5 Å². The molecule has 1 amide bonds. The van der Waals surface area contributed by atoms with Crippen LogP contribution in [0.25, 0.3) is 21.7 Å². The maximum Gasteiger partial charge on any atom is 0.266 e. The first kappa shape index (κ1) is 19.2. The summed E-state index contributed by atoms with van der Waals surface area (Å²) in [5.41, 5.74) is 3.03. The Morgan fingerprint density at radius 2 is 1.97 bits per heavy atom. The molecule has 0 saturated carbocycles. The number of carbonyl (C=O) groups is 1. The van der Waals surface area contributed by atoms with E-state index >= 15 is 0 Å². The van der Waals surface area contributed by atoms with E-state index in [1.807, 2.05) is 32.0 Å². The number of nitrogens with zero attached hydrogens (tertiary/aromatic N) is 4. The average Bonchev–Trinajstić information content (AvgIpc) is 3.30. The lowest BCUT2D eigenvalue weighted by Crippen LogP contribution is -2.16. The first-order valence-corrected chi connectivity index (χ1v) is 10.0. The molecule has 1 aromatic carbocycles. The van der Waals surface area contributed by atoms with Crippen LogP contribution in [0, 0.1) is 13.8 Å². The second-order valence-corrected chi connectivity index (χ2v) is 8.90. The predicted octanol–water partition coefficient (Wildman–Crippen LogP) is 4.91. The van der Waals surface area contributed by atoms with E-state index in [4.69, 9.17) is 9.40 Å². The van der Waals surface area contributed by atoms with Crippen molar-refractivity contribution in [3.63, 3.8) is 0 Å². The third-order valence-corrected chi connectivity index (χ3v) is 5.76. The van der Waals surface area contributed by atoms with E-state index in [1.165, 1.54) is 17.7 Å². The number of carbonyl (C=O) groups excluding carboxylic acids is 1. The zero-order valence-electron chi connectivity index (χ0n) is 16.9. The molecule has 148 valence electrons. The molecule has 4 rings (SSSR count). The highest BCUT2D eigenvalue weighted by molar-refractivity contribution is 7.20. The summed E-state index contributed by atoms with van der Waals surface area (Å²) in [7, 11) is 0. The number of fused-ring (bicyclic) bond motifs is 1. The SMILES string of the molecule is Cc1nc(C(C)(C)C)nc2sc(C(=O)Nc3cccc(-c4nnco4)c3)c(C)c12. The lowest BCUT2D eigenvalue weighted by Gasteiger charge is -2.16. The van der Waals surface area contributed by atoms with Crippen LogP contribution in [0.3, 0.4) is 0 Å². The van der Waals surface area contributed by atoms with Gasteiger partial charge in [0.15, 0.2) is 0 Å². The van der Waals surface area contributed by atoms with Gasteiger partial charge in [-0.3, -0.25) is 4.79 Å². The van der Waals surface area contributed by atoms with Gasteiger partial charge in [-0.1, -0.05) is 26.8 Å². The number of benzene rings is 1. The highest BCUT2D eigenvalue weighted by Gasteiger charge is 2.23. The number of hydrogen-bond acceptors (Lipinski definition) is 7. The summed E-state index contributed by atoms with van der Waals surface area (Å²) >= 11 is 1.39. The monoisotopic (exact) mass is 407 g/mol. The van der Waals surface area contributed by atoms with Crippen molar-refractivity contribution in [2.24, 2.45) is 0 Å². The summed E-state index contributed by atoms with van der Waals surface area (Å²) in [6.45, 7) is 10.2. The van der Waals surface area contributed by atoms with Gasteiger partial charge in [0.2, 0.25) is 12.3 Å². The van der Waals surface area contributed by atoms with Crippen LogP contribution in [0.15, 0.2) is 35.1 Å². The molecule has 3 heterocycles. The maximum absolute atomic E-state index is 13.0. The molecule has 7 nitrogen and oxygen atoms in total. The zero-order valence-corrected chi connectivity index (χ0v) is 17.7. The van der Waals surface area contributed by atoms with E-state index in [0.717, 1.165) is 32.9 Å². The fourth-order valence-corrected chi connectivity index (χ4v) is 4.23. The second-order valence-electron chi connectivity index (χ2n) is 7.90. The number of anilines is 1. The minimum Gasteiger partial charge on any atom is -0.423 e. The molecule has 0 spiro atoms. The lowest BCUT2D eigenvalue weighted by molar-refractivity contribution is 0.103. The van der Waals surface area contributed by atoms with Gasteiger partial charge in [0, 0.05) is 22.1 Å². The van der Waals surface area contributed by atoms with Gasteiger partial charge in [0.05, 0.1) is 10.6 Å².